The van der Waals surface area contributed by atoms with E-state index in [0.717, 1.165) is 31.4 Å². The second-order valence-electron chi connectivity index (χ2n) is 10.0. The number of allylic oxidation sites excluding steroid dienone is 1. The third kappa shape index (κ3) is 2.15. The summed E-state index contributed by atoms with van der Waals surface area (Å²) in [6, 6.07) is 3.97. The minimum atomic E-state index is -0.784. The summed E-state index contributed by atoms with van der Waals surface area (Å²) in [5.74, 6) is 1.64. The van der Waals surface area contributed by atoms with Crippen molar-refractivity contribution in [2.24, 2.45) is 22.7 Å². The topological polar surface area (TPSA) is 73.8 Å². The highest BCUT2D eigenvalue weighted by Gasteiger charge is 2.67. The van der Waals surface area contributed by atoms with Crippen LogP contribution in [0.3, 0.4) is 0 Å². The van der Waals surface area contributed by atoms with Crippen LogP contribution in [0.5, 0.6) is 0 Å². The third-order valence-electron chi connectivity index (χ3n) is 9.27. The molecule has 3 fully saturated rings. The number of aliphatic hydroxyl groups is 3. The number of hydrogen-bond acceptors (Lipinski definition) is 4. The third-order valence-corrected chi connectivity index (χ3v) is 9.27. The van der Waals surface area contributed by atoms with Crippen LogP contribution in [0.4, 0.5) is 0 Å². The Labute approximate surface area is 161 Å². The summed E-state index contributed by atoms with van der Waals surface area (Å²) in [4.78, 5) is 0. The maximum Gasteiger partial charge on any atom is 0.107 e. The Bertz CT molecular complexity index is 754. The molecule has 5 rings (SSSR count). The van der Waals surface area contributed by atoms with Crippen LogP contribution in [0, 0.1) is 22.7 Å². The molecule has 1 aromatic heterocycles. The zero-order valence-electron chi connectivity index (χ0n) is 16.4. The van der Waals surface area contributed by atoms with Crippen LogP contribution in [0.1, 0.15) is 70.5 Å². The van der Waals surface area contributed by atoms with Gasteiger partial charge in [-0.05, 0) is 68.9 Å². The van der Waals surface area contributed by atoms with Gasteiger partial charge in [0.05, 0.1) is 24.1 Å². The van der Waals surface area contributed by atoms with Gasteiger partial charge in [-0.15, -0.1) is 0 Å². The lowest BCUT2D eigenvalue weighted by atomic mass is 9.43. The molecule has 0 spiro atoms. The fourth-order valence-electron chi connectivity index (χ4n) is 7.64. The van der Waals surface area contributed by atoms with Gasteiger partial charge in [0.2, 0.25) is 0 Å². The van der Waals surface area contributed by atoms with E-state index in [4.69, 9.17) is 4.42 Å². The fraction of sp³-hybridized carbons (Fsp3) is 0.739. The van der Waals surface area contributed by atoms with E-state index in [9.17, 15) is 15.3 Å². The van der Waals surface area contributed by atoms with Crippen LogP contribution in [0.2, 0.25) is 0 Å². The van der Waals surface area contributed by atoms with E-state index in [-0.39, 0.29) is 22.7 Å². The van der Waals surface area contributed by atoms with E-state index in [0.29, 0.717) is 25.2 Å². The second kappa shape index (κ2) is 5.71. The molecule has 0 saturated heterocycles. The summed E-state index contributed by atoms with van der Waals surface area (Å²) in [5, 5.41) is 33.0. The van der Waals surface area contributed by atoms with Crippen molar-refractivity contribution in [2.75, 3.05) is 0 Å². The molecule has 27 heavy (non-hydrogen) atoms. The summed E-state index contributed by atoms with van der Waals surface area (Å²) in [6.45, 7) is 4.44. The summed E-state index contributed by atoms with van der Waals surface area (Å²) in [5.41, 5.74) is 0.0629. The average molecular weight is 373 g/mol. The average Bonchev–Trinajstić information content (AvgIpc) is 3.24. The standard InChI is InChI=1S/C23H32O4/c1-21-9-7-16-17(23(21,26)10-8-20(21)25)6-5-14-12-15(24)13-18(22(14,16)2)19-4-3-11-27-19/h3-4,11-12,15-18,20,24-26H,5-10,13H2,1-2H3/t15-,16+,17-,18+,20-,21-,22+,23+/m1/s1. The van der Waals surface area contributed by atoms with Crippen LogP contribution >= 0.6 is 0 Å². The molecule has 0 bridgehead atoms. The molecule has 148 valence electrons. The summed E-state index contributed by atoms with van der Waals surface area (Å²) in [6.07, 6.45) is 8.80. The molecule has 1 aromatic rings. The molecule has 0 amide bonds. The predicted octanol–water partition coefficient (Wildman–Crippen LogP) is 3.77. The molecule has 1 heterocycles. The highest BCUT2D eigenvalue weighted by atomic mass is 16.3. The van der Waals surface area contributed by atoms with E-state index >= 15 is 0 Å². The van der Waals surface area contributed by atoms with Gasteiger partial charge in [0.1, 0.15) is 5.76 Å². The van der Waals surface area contributed by atoms with Crippen molar-refractivity contribution < 1.29 is 19.7 Å². The van der Waals surface area contributed by atoms with Crippen molar-refractivity contribution in [1.82, 2.24) is 0 Å². The van der Waals surface area contributed by atoms with Gasteiger partial charge in [0.25, 0.3) is 0 Å². The Morgan fingerprint density at radius 2 is 1.89 bits per heavy atom. The Balaban J connectivity index is 1.60. The minimum Gasteiger partial charge on any atom is -0.469 e. The number of hydrogen-bond donors (Lipinski definition) is 3. The molecule has 0 aliphatic heterocycles. The highest BCUT2D eigenvalue weighted by Crippen LogP contribution is 2.69. The van der Waals surface area contributed by atoms with Gasteiger partial charge in [-0.3, -0.25) is 0 Å². The van der Waals surface area contributed by atoms with Gasteiger partial charge in [0, 0.05) is 16.7 Å². The SMILES string of the molecule is C[C@@]12C(=C[C@@H](O)C[C@H]1c1ccco1)CC[C@@H]1[C@@H]2CC[C@]2(C)[C@H](O)CC[C@]12O. The van der Waals surface area contributed by atoms with Crippen LogP contribution < -0.4 is 0 Å². The van der Waals surface area contributed by atoms with Crippen LogP contribution in [-0.4, -0.2) is 33.1 Å². The molecule has 4 aliphatic rings. The molecule has 4 nitrogen and oxygen atoms in total. The van der Waals surface area contributed by atoms with Crippen molar-refractivity contribution in [2.45, 2.75) is 82.5 Å². The van der Waals surface area contributed by atoms with Gasteiger partial charge in [-0.2, -0.15) is 0 Å². The Kier molecular flexibility index (Phi) is 3.80. The van der Waals surface area contributed by atoms with Crippen molar-refractivity contribution in [3.05, 3.63) is 35.8 Å². The van der Waals surface area contributed by atoms with Gasteiger partial charge < -0.3 is 19.7 Å². The lowest BCUT2D eigenvalue weighted by Crippen LogP contribution is -2.62. The Morgan fingerprint density at radius 1 is 1.07 bits per heavy atom. The van der Waals surface area contributed by atoms with Crippen molar-refractivity contribution in [1.29, 1.82) is 0 Å². The number of fused-ring (bicyclic) bond motifs is 5. The Hall–Kier alpha value is -1.10. The smallest absolute Gasteiger partial charge is 0.107 e. The van der Waals surface area contributed by atoms with E-state index in [2.05, 4.69) is 19.9 Å². The van der Waals surface area contributed by atoms with E-state index in [1.54, 1.807) is 6.26 Å². The minimum absolute atomic E-state index is 0.107. The molecule has 3 saturated carbocycles. The second-order valence-corrected chi connectivity index (χ2v) is 10.0. The Morgan fingerprint density at radius 3 is 2.63 bits per heavy atom. The summed E-state index contributed by atoms with van der Waals surface area (Å²) in [7, 11) is 0. The zero-order chi connectivity index (χ0) is 19.0. The maximum atomic E-state index is 11.9. The van der Waals surface area contributed by atoms with Crippen LogP contribution in [0.15, 0.2) is 34.5 Å². The first-order chi connectivity index (χ1) is 12.8. The van der Waals surface area contributed by atoms with Crippen molar-refractivity contribution in [3.63, 3.8) is 0 Å². The normalized spacial score (nSPS) is 51.9. The molecule has 8 atom stereocenters. The van der Waals surface area contributed by atoms with E-state index < -0.39 is 17.8 Å². The van der Waals surface area contributed by atoms with Crippen molar-refractivity contribution in [3.8, 4) is 0 Å². The molecule has 4 aliphatic carbocycles. The lowest BCUT2D eigenvalue weighted by molar-refractivity contribution is -0.195. The fourth-order valence-corrected chi connectivity index (χ4v) is 7.64. The first kappa shape index (κ1) is 18.0. The molecule has 0 aromatic carbocycles. The maximum absolute atomic E-state index is 11.9. The van der Waals surface area contributed by atoms with Gasteiger partial charge in [-0.1, -0.05) is 25.5 Å². The predicted molar refractivity (Wildman–Crippen MR) is 102 cm³/mol. The number of rotatable bonds is 1. The molecule has 3 N–H and O–H groups in total. The van der Waals surface area contributed by atoms with Crippen molar-refractivity contribution >= 4 is 0 Å². The van der Waals surface area contributed by atoms with Crippen LogP contribution in [0.25, 0.3) is 0 Å². The molecular weight excluding hydrogens is 340 g/mol. The zero-order valence-corrected chi connectivity index (χ0v) is 16.4. The first-order valence-corrected chi connectivity index (χ1v) is 10.6. The first-order valence-electron chi connectivity index (χ1n) is 10.6. The highest BCUT2D eigenvalue weighted by molar-refractivity contribution is 5.33. The molecular formula is C23H32O4. The molecule has 4 heteroatoms. The van der Waals surface area contributed by atoms with Gasteiger partial charge in [-0.25, -0.2) is 0 Å². The van der Waals surface area contributed by atoms with E-state index in [1.807, 2.05) is 12.1 Å². The summed E-state index contributed by atoms with van der Waals surface area (Å²) < 4.78 is 5.82. The molecule has 0 radical (unpaired) electrons. The quantitative estimate of drug-likeness (QED) is 0.656. The monoisotopic (exact) mass is 372 g/mol. The van der Waals surface area contributed by atoms with Gasteiger partial charge in [0.15, 0.2) is 0 Å². The van der Waals surface area contributed by atoms with Gasteiger partial charge >= 0.3 is 0 Å². The largest absolute Gasteiger partial charge is 0.469 e. The lowest BCUT2D eigenvalue weighted by Gasteiger charge is -2.62. The molecule has 0 unspecified atom stereocenters. The van der Waals surface area contributed by atoms with Crippen LogP contribution in [-0.2, 0) is 0 Å². The number of aliphatic hydroxyl groups excluding tert-OH is 2. The number of furan rings is 1. The summed E-state index contributed by atoms with van der Waals surface area (Å²) >= 11 is 0. The van der Waals surface area contributed by atoms with E-state index in [1.165, 1.54) is 5.57 Å².